The summed E-state index contributed by atoms with van der Waals surface area (Å²) in [5, 5.41) is 13.1. The number of carbonyl (C=O) groups is 1. The molecular formula is C9H4ClN3O. The number of nitrogens with zero attached hydrogens (tertiary/aromatic N) is 3. The summed E-state index contributed by atoms with van der Waals surface area (Å²) in [5.41, 5.74) is 1.26. The van der Waals surface area contributed by atoms with Gasteiger partial charge < -0.3 is 0 Å². The van der Waals surface area contributed by atoms with Gasteiger partial charge >= 0.3 is 0 Å². The highest BCUT2D eigenvalue weighted by molar-refractivity contribution is 6.33. The average Bonchev–Trinajstić information content (AvgIpc) is 2.59. The van der Waals surface area contributed by atoms with Crippen LogP contribution in [0.4, 0.5) is 0 Å². The number of fused-ring (bicyclic) bond motifs is 1. The van der Waals surface area contributed by atoms with Gasteiger partial charge in [0.05, 0.1) is 16.7 Å². The van der Waals surface area contributed by atoms with Crippen molar-refractivity contribution in [1.82, 2.24) is 9.61 Å². The first kappa shape index (κ1) is 8.73. The zero-order valence-electron chi connectivity index (χ0n) is 6.94. The summed E-state index contributed by atoms with van der Waals surface area (Å²) in [4.78, 5) is 10.6. The Morgan fingerprint density at radius 3 is 3.00 bits per heavy atom. The van der Waals surface area contributed by atoms with Crippen LogP contribution in [0.25, 0.3) is 5.52 Å². The van der Waals surface area contributed by atoms with E-state index in [0.29, 0.717) is 22.4 Å². The first-order valence-corrected chi connectivity index (χ1v) is 4.16. The maximum atomic E-state index is 10.6. The van der Waals surface area contributed by atoms with Crippen LogP contribution in [0.15, 0.2) is 18.3 Å². The van der Waals surface area contributed by atoms with Crippen molar-refractivity contribution in [3.63, 3.8) is 0 Å². The Hall–Kier alpha value is -1.86. The summed E-state index contributed by atoms with van der Waals surface area (Å²) in [7, 11) is 0. The van der Waals surface area contributed by atoms with Gasteiger partial charge in [-0.2, -0.15) is 10.4 Å². The normalized spacial score (nSPS) is 10.0. The van der Waals surface area contributed by atoms with Crippen LogP contribution in [0.3, 0.4) is 0 Å². The Kier molecular flexibility index (Phi) is 1.95. The van der Waals surface area contributed by atoms with E-state index in [1.54, 1.807) is 6.07 Å². The predicted octanol–water partition coefficient (Wildman–Crippen LogP) is 1.67. The lowest BCUT2D eigenvalue weighted by atomic mass is 10.2. The summed E-state index contributed by atoms with van der Waals surface area (Å²) in [6.07, 6.45) is 2.11. The Morgan fingerprint density at radius 1 is 1.57 bits per heavy atom. The largest absolute Gasteiger partial charge is 0.298 e. The third-order valence-corrected chi connectivity index (χ3v) is 2.14. The minimum Gasteiger partial charge on any atom is -0.298 e. The standard InChI is InChI=1S/C9H4ClN3O/c10-8-4-12-13-7(3-11)1-6(5-14)2-9(8)13/h1-2,4-5H. The Bertz CT molecular complexity index is 553. The van der Waals surface area contributed by atoms with E-state index < -0.39 is 0 Å². The van der Waals surface area contributed by atoms with Crippen LogP contribution in [-0.2, 0) is 0 Å². The minimum atomic E-state index is 0.288. The molecule has 0 spiro atoms. The summed E-state index contributed by atoms with van der Waals surface area (Å²) < 4.78 is 1.40. The van der Waals surface area contributed by atoms with E-state index in [0.717, 1.165) is 0 Å². The van der Waals surface area contributed by atoms with Gasteiger partial charge in [-0.05, 0) is 12.1 Å². The van der Waals surface area contributed by atoms with Crippen molar-refractivity contribution >= 4 is 23.4 Å². The summed E-state index contributed by atoms with van der Waals surface area (Å²) in [6.45, 7) is 0. The number of aldehydes is 1. The molecule has 2 aromatic heterocycles. The lowest BCUT2D eigenvalue weighted by molar-refractivity contribution is 0.112. The van der Waals surface area contributed by atoms with Gasteiger partial charge in [-0.1, -0.05) is 11.6 Å². The zero-order valence-corrected chi connectivity index (χ0v) is 7.69. The highest BCUT2D eigenvalue weighted by atomic mass is 35.5. The monoisotopic (exact) mass is 205 g/mol. The van der Waals surface area contributed by atoms with Crippen molar-refractivity contribution in [1.29, 1.82) is 5.26 Å². The van der Waals surface area contributed by atoms with Gasteiger partial charge in [0.2, 0.25) is 0 Å². The number of halogens is 1. The molecule has 0 saturated carbocycles. The fraction of sp³-hybridized carbons (Fsp3) is 0. The highest BCUT2D eigenvalue weighted by Crippen LogP contribution is 2.18. The van der Waals surface area contributed by atoms with Crippen LogP contribution >= 0.6 is 11.6 Å². The Labute approximate surface area is 84.3 Å². The van der Waals surface area contributed by atoms with Gasteiger partial charge in [0.1, 0.15) is 18.0 Å². The lowest BCUT2D eigenvalue weighted by Crippen LogP contribution is -1.95. The number of hydrogen-bond donors (Lipinski definition) is 0. The molecule has 0 radical (unpaired) electrons. The van der Waals surface area contributed by atoms with E-state index in [1.165, 1.54) is 16.8 Å². The molecule has 0 atom stereocenters. The molecule has 0 saturated heterocycles. The van der Waals surface area contributed by atoms with Crippen molar-refractivity contribution < 1.29 is 4.79 Å². The molecule has 0 aliphatic heterocycles. The van der Waals surface area contributed by atoms with Crippen LogP contribution in [0, 0.1) is 11.3 Å². The third-order valence-electron chi connectivity index (χ3n) is 1.85. The molecule has 0 amide bonds. The summed E-state index contributed by atoms with van der Waals surface area (Å²) in [6, 6.07) is 4.99. The Balaban J connectivity index is 2.91. The van der Waals surface area contributed by atoms with Crippen molar-refractivity contribution in [2.75, 3.05) is 0 Å². The summed E-state index contributed by atoms with van der Waals surface area (Å²) >= 11 is 5.82. The molecule has 4 nitrogen and oxygen atoms in total. The van der Waals surface area contributed by atoms with Gasteiger partial charge in [-0.25, -0.2) is 4.52 Å². The molecule has 5 heteroatoms. The molecule has 0 bridgehead atoms. The second kappa shape index (κ2) is 3.13. The molecule has 14 heavy (non-hydrogen) atoms. The molecular weight excluding hydrogens is 202 g/mol. The molecule has 0 unspecified atom stereocenters. The topological polar surface area (TPSA) is 58.2 Å². The van der Waals surface area contributed by atoms with Crippen LogP contribution in [0.2, 0.25) is 5.02 Å². The first-order valence-electron chi connectivity index (χ1n) is 3.79. The Morgan fingerprint density at radius 2 is 2.36 bits per heavy atom. The smallest absolute Gasteiger partial charge is 0.150 e. The molecule has 68 valence electrons. The number of rotatable bonds is 1. The minimum absolute atomic E-state index is 0.288. The molecule has 2 rings (SSSR count). The van der Waals surface area contributed by atoms with Crippen LogP contribution < -0.4 is 0 Å². The van der Waals surface area contributed by atoms with Crippen molar-refractivity contribution in [2.24, 2.45) is 0 Å². The van der Waals surface area contributed by atoms with E-state index in [-0.39, 0.29) is 5.69 Å². The number of nitriles is 1. The molecule has 2 heterocycles. The van der Waals surface area contributed by atoms with Crippen molar-refractivity contribution in [3.8, 4) is 6.07 Å². The fourth-order valence-corrected chi connectivity index (χ4v) is 1.40. The van der Waals surface area contributed by atoms with Gasteiger partial charge in [-0.15, -0.1) is 0 Å². The maximum absolute atomic E-state index is 10.6. The van der Waals surface area contributed by atoms with E-state index in [4.69, 9.17) is 16.9 Å². The van der Waals surface area contributed by atoms with Crippen LogP contribution in [-0.4, -0.2) is 15.9 Å². The quantitative estimate of drug-likeness (QED) is 0.666. The third kappa shape index (κ3) is 1.15. The SMILES string of the molecule is N#Cc1cc(C=O)cc2c(Cl)cnn12. The van der Waals surface area contributed by atoms with E-state index >= 15 is 0 Å². The van der Waals surface area contributed by atoms with Crippen LogP contribution in [0.1, 0.15) is 16.1 Å². The molecule has 0 N–H and O–H groups in total. The van der Waals surface area contributed by atoms with E-state index in [1.807, 2.05) is 6.07 Å². The number of pyridine rings is 1. The van der Waals surface area contributed by atoms with Gasteiger partial charge in [0.25, 0.3) is 0 Å². The van der Waals surface area contributed by atoms with E-state index in [2.05, 4.69) is 5.10 Å². The number of carbonyl (C=O) groups excluding carboxylic acids is 1. The average molecular weight is 206 g/mol. The number of hydrogen-bond acceptors (Lipinski definition) is 3. The molecule has 0 fully saturated rings. The molecule has 2 aromatic rings. The van der Waals surface area contributed by atoms with Gasteiger partial charge in [0.15, 0.2) is 0 Å². The van der Waals surface area contributed by atoms with Gasteiger partial charge in [0, 0.05) is 5.56 Å². The predicted molar refractivity (Wildman–Crippen MR) is 50.3 cm³/mol. The molecule has 0 aliphatic rings. The fourth-order valence-electron chi connectivity index (χ4n) is 1.23. The molecule has 0 aliphatic carbocycles. The second-order valence-corrected chi connectivity index (χ2v) is 3.10. The first-order chi connectivity index (χ1) is 6.76. The highest BCUT2D eigenvalue weighted by Gasteiger charge is 2.07. The van der Waals surface area contributed by atoms with Crippen molar-refractivity contribution in [2.45, 2.75) is 0 Å². The van der Waals surface area contributed by atoms with Crippen molar-refractivity contribution in [3.05, 3.63) is 34.6 Å². The lowest BCUT2D eigenvalue weighted by Gasteiger charge is -1.97. The summed E-state index contributed by atoms with van der Waals surface area (Å²) in [5.74, 6) is 0. The molecule has 0 aromatic carbocycles. The maximum Gasteiger partial charge on any atom is 0.150 e. The number of aromatic nitrogens is 2. The van der Waals surface area contributed by atoms with Gasteiger partial charge in [-0.3, -0.25) is 4.79 Å². The zero-order chi connectivity index (χ0) is 10.1. The van der Waals surface area contributed by atoms with E-state index in [9.17, 15) is 4.79 Å². The second-order valence-electron chi connectivity index (χ2n) is 2.69. The van der Waals surface area contributed by atoms with Crippen LogP contribution in [0.5, 0.6) is 0 Å².